The first-order valence-electron chi connectivity index (χ1n) is 14.1. The topological polar surface area (TPSA) is 98.3 Å². The van der Waals surface area contributed by atoms with Crippen molar-refractivity contribution in [3.8, 4) is 12.5 Å². The number of nitrogens with two attached hydrogens (primary N) is 1. The third-order valence-corrected chi connectivity index (χ3v) is 6.06. The first-order chi connectivity index (χ1) is 19.6. The van der Waals surface area contributed by atoms with Crippen molar-refractivity contribution in [3.63, 3.8) is 0 Å². The summed E-state index contributed by atoms with van der Waals surface area (Å²) in [6, 6.07) is 2.33. The fourth-order valence-corrected chi connectivity index (χ4v) is 3.99. The van der Waals surface area contributed by atoms with Crippen LogP contribution in [0.1, 0.15) is 66.7 Å². The quantitative estimate of drug-likeness (QED) is 0.0505. The highest BCUT2D eigenvalue weighted by molar-refractivity contribution is 8.02. The van der Waals surface area contributed by atoms with Gasteiger partial charge in [-0.3, -0.25) is 14.8 Å². The number of hydrogen-bond acceptors (Lipinski definition) is 8. The van der Waals surface area contributed by atoms with Crippen LogP contribution in [0.4, 0.5) is 0 Å². The minimum Gasteiger partial charge on any atom is -0.403 e. The van der Waals surface area contributed by atoms with Crippen LogP contribution in [-0.4, -0.2) is 60.7 Å². The molecule has 4 N–H and O–H groups in total. The number of allylic oxidation sites excluding steroid dienone is 3. The van der Waals surface area contributed by atoms with Crippen molar-refractivity contribution in [1.82, 2.24) is 20.5 Å². The van der Waals surface area contributed by atoms with E-state index in [2.05, 4.69) is 77.2 Å². The van der Waals surface area contributed by atoms with Gasteiger partial charge in [0.05, 0.1) is 18.8 Å². The molecule has 0 bridgehead atoms. The van der Waals surface area contributed by atoms with Gasteiger partial charge in [0.1, 0.15) is 5.70 Å². The van der Waals surface area contributed by atoms with Gasteiger partial charge in [-0.25, -0.2) is 0 Å². The van der Waals surface area contributed by atoms with Crippen LogP contribution in [-0.2, 0) is 4.79 Å². The Hall–Kier alpha value is -3.64. The van der Waals surface area contributed by atoms with Gasteiger partial charge >= 0.3 is 0 Å². The zero-order valence-corrected chi connectivity index (χ0v) is 26.9. The predicted molar refractivity (Wildman–Crippen MR) is 182 cm³/mol. The van der Waals surface area contributed by atoms with Crippen LogP contribution in [0, 0.1) is 12.5 Å². The maximum atomic E-state index is 12.6. The van der Waals surface area contributed by atoms with Gasteiger partial charge in [-0.2, -0.15) is 5.10 Å². The third-order valence-electron chi connectivity index (χ3n) is 5.03. The monoisotopic (exact) mass is 583 g/mol. The smallest absolute Gasteiger partial charge is 0.269 e. The maximum Gasteiger partial charge on any atom is 0.269 e. The van der Waals surface area contributed by atoms with Crippen molar-refractivity contribution >= 4 is 30.6 Å². The average Bonchev–Trinajstić information content (AvgIpc) is 2.96. The van der Waals surface area contributed by atoms with Crippen LogP contribution in [0.25, 0.3) is 0 Å². The van der Waals surface area contributed by atoms with Crippen molar-refractivity contribution in [1.29, 1.82) is 0 Å². The van der Waals surface area contributed by atoms with E-state index in [4.69, 9.17) is 12.2 Å². The third kappa shape index (κ3) is 22.8. The number of piperidine rings is 1. The zero-order valence-electron chi connectivity index (χ0n) is 26.0. The molecule has 0 radical (unpaired) electrons. The molecule has 41 heavy (non-hydrogen) atoms. The lowest BCUT2D eigenvalue weighted by Crippen LogP contribution is -2.37. The standard InChI is InChI=1S/C27H40N6OS.C3H7N.C2H6/c1-7-9-10-12-15-30-24(4)20-33(28-6)19-23(3)21-35-22-26(29-8-2)27(34)31-18-25(5)32-16-13-11-14-17-32;1-3(2)4;1-2/h2,9-10,15,19,22,29H,4-7,11-14,16-18,20-21H2,1,3H3,(H,31,34);1,4H2,2H3;1-2H3/b10-9-,23-19+,26-22-,30-15?;;. The Morgan fingerprint density at radius 1 is 1.17 bits per heavy atom. The van der Waals surface area contributed by atoms with Crippen molar-refractivity contribution in [2.24, 2.45) is 15.8 Å². The van der Waals surface area contributed by atoms with Gasteiger partial charge in [-0.1, -0.05) is 59.1 Å². The van der Waals surface area contributed by atoms with E-state index in [9.17, 15) is 4.79 Å². The molecule has 8 nitrogen and oxygen atoms in total. The first-order valence-corrected chi connectivity index (χ1v) is 15.1. The molecule has 1 amide bonds. The molecule has 0 aliphatic carbocycles. The van der Waals surface area contributed by atoms with E-state index < -0.39 is 0 Å². The Morgan fingerprint density at radius 2 is 1.80 bits per heavy atom. The highest BCUT2D eigenvalue weighted by Crippen LogP contribution is 2.14. The summed E-state index contributed by atoms with van der Waals surface area (Å²) in [5.41, 5.74) is 8.57. The molecule has 1 aliphatic rings. The van der Waals surface area contributed by atoms with Crippen LogP contribution < -0.4 is 16.4 Å². The lowest BCUT2D eigenvalue weighted by Gasteiger charge is -2.30. The fourth-order valence-electron chi connectivity index (χ4n) is 3.23. The van der Waals surface area contributed by atoms with Crippen LogP contribution in [0.5, 0.6) is 0 Å². The van der Waals surface area contributed by atoms with E-state index in [1.54, 1.807) is 17.3 Å². The Kier molecular flexibility index (Phi) is 25.6. The molecule has 228 valence electrons. The van der Waals surface area contributed by atoms with Gasteiger partial charge in [0.25, 0.3) is 5.91 Å². The van der Waals surface area contributed by atoms with Crippen molar-refractivity contribution in [2.45, 2.75) is 66.7 Å². The molecule has 1 heterocycles. The highest BCUT2D eigenvalue weighted by atomic mass is 32.2. The summed E-state index contributed by atoms with van der Waals surface area (Å²) >= 11 is 1.46. The Balaban J connectivity index is 0. The molecule has 0 atom stereocenters. The number of rotatable bonds is 16. The number of amides is 1. The van der Waals surface area contributed by atoms with Crippen molar-refractivity contribution in [3.05, 3.63) is 71.9 Å². The van der Waals surface area contributed by atoms with Crippen molar-refractivity contribution in [2.75, 3.05) is 31.9 Å². The Morgan fingerprint density at radius 3 is 2.37 bits per heavy atom. The van der Waals surface area contributed by atoms with Crippen LogP contribution >= 0.6 is 11.8 Å². The van der Waals surface area contributed by atoms with E-state index in [1.165, 1.54) is 18.2 Å². The van der Waals surface area contributed by atoms with E-state index >= 15 is 0 Å². The lowest BCUT2D eigenvalue weighted by molar-refractivity contribution is -0.117. The van der Waals surface area contributed by atoms with Gasteiger partial charge in [0.2, 0.25) is 0 Å². The van der Waals surface area contributed by atoms with Crippen LogP contribution in [0.15, 0.2) is 82.0 Å². The van der Waals surface area contributed by atoms with Gasteiger partial charge in [0.15, 0.2) is 0 Å². The van der Waals surface area contributed by atoms with E-state index in [1.807, 2.05) is 33.2 Å². The normalized spacial score (nSPS) is 13.2. The minimum atomic E-state index is -0.257. The van der Waals surface area contributed by atoms with Gasteiger partial charge in [0, 0.05) is 61.5 Å². The molecular formula is C32H53N7OS. The molecule has 1 fully saturated rings. The second-order valence-electron chi connectivity index (χ2n) is 8.96. The Bertz CT molecular complexity index is 963. The van der Waals surface area contributed by atoms with E-state index in [0.717, 1.165) is 50.0 Å². The number of carbonyl (C=O) groups excluding carboxylic acids is 1. The molecule has 1 saturated heterocycles. The molecular weight excluding hydrogens is 530 g/mol. The van der Waals surface area contributed by atoms with Crippen LogP contribution in [0.2, 0.25) is 0 Å². The second kappa shape index (κ2) is 26.6. The number of terminal acetylenes is 1. The Labute approximate surface area is 254 Å². The largest absolute Gasteiger partial charge is 0.403 e. The molecule has 0 spiro atoms. The second-order valence-corrected chi connectivity index (χ2v) is 9.82. The fraction of sp³-hybridized carbons (Fsp3) is 0.469. The number of carbonyl (C=O) groups is 1. The highest BCUT2D eigenvalue weighted by Gasteiger charge is 2.14. The molecule has 1 rings (SSSR count). The zero-order chi connectivity index (χ0) is 31.5. The number of nitrogens with one attached hydrogen (secondary N) is 2. The first kappa shape index (κ1) is 39.5. The summed E-state index contributed by atoms with van der Waals surface area (Å²) in [6.45, 7) is 27.7. The number of thioether (sulfide) groups is 1. The number of likely N-dealkylation sites (tertiary alicyclic amines) is 1. The molecule has 0 aromatic heterocycles. The minimum absolute atomic E-state index is 0.257. The molecule has 1 aliphatic heterocycles. The summed E-state index contributed by atoms with van der Waals surface area (Å²) in [7, 11) is 0. The summed E-state index contributed by atoms with van der Waals surface area (Å²) in [4.78, 5) is 19.2. The van der Waals surface area contributed by atoms with Gasteiger partial charge in [-0.05, 0) is 50.8 Å². The number of nitrogens with zero attached hydrogens (tertiary/aromatic N) is 4. The van der Waals surface area contributed by atoms with E-state index in [0.29, 0.717) is 35.9 Å². The van der Waals surface area contributed by atoms with E-state index in [-0.39, 0.29) is 5.91 Å². The maximum absolute atomic E-state index is 12.6. The summed E-state index contributed by atoms with van der Waals surface area (Å²) in [5.74, 6) is 0.389. The number of aliphatic imine (C=N–C) groups is 1. The molecule has 0 aromatic rings. The number of hydrogen-bond donors (Lipinski definition) is 3. The lowest BCUT2D eigenvalue weighted by atomic mass is 10.1. The molecule has 9 heteroatoms. The average molecular weight is 584 g/mol. The van der Waals surface area contributed by atoms with Gasteiger partial charge < -0.3 is 21.3 Å². The SMILES string of the molecule is C#CN/C(=C\SC/C(C)=C/N(CC(=C)N=CC/C=C\CC)N=C)C(=O)NCC(=C)N1CCCCC1.C=C(C)N.CC. The summed E-state index contributed by atoms with van der Waals surface area (Å²) in [5, 5.41) is 13.0. The van der Waals surface area contributed by atoms with Gasteiger partial charge in [-0.15, -0.1) is 11.8 Å². The number of hydrazone groups is 1. The molecule has 0 saturated carbocycles. The molecule has 0 aromatic carbocycles. The predicted octanol–water partition coefficient (Wildman–Crippen LogP) is 6.12. The molecule has 0 unspecified atom stereocenters. The summed E-state index contributed by atoms with van der Waals surface area (Å²) in [6.07, 6.45) is 18.7. The van der Waals surface area contributed by atoms with Crippen molar-refractivity contribution < 1.29 is 4.79 Å². The summed E-state index contributed by atoms with van der Waals surface area (Å²) < 4.78 is 0. The van der Waals surface area contributed by atoms with Crippen LogP contribution in [0.3, 0.4) is 0 Å².